The van der Waals surface area contributed by atoms with Gasteiger partial charge in [0.15, 0.2) is 11.5 Å². The van der Waals surface area contributed by atoms with E-state index in [1.54, 1.807) is 23.5 Å². The topological polar surface area (TPSA) is 62.9 Å². The molecule has 1 amide bonds. The largest absolute Gasteiger partial charge is 0.503 e. The van der Waals surface area contributed by atoms with E-state index in [0.717, 1.165) is 5.56 Å². The lowest BCUT2D eigenvalue weighted by atomic mass is 10.1. The molecule has 1 aromatic heterocycles. The lowest BCUT2D eigenvalue weighted by Gasteiger charge is -2.20. The number of methoxy groups -OCH3 is 1. The minimum absolute atomic E-state index is 0.0806. The van der Waals surface area contributed by atoms with Crippen LogP contribution in [-0.4, -0.2) is 29.6 Å². The molecule has 0 bridgehead atoms. The highest BCUT2D eigenvalue weighted by Crippen LogP contribution is 2.35. The Morgan fingerprint density at radius 2 is 2.24 bits per heavy atom. The number of benzene rings is 1. The summed E-state index contributed by atoms with van der Waals surface area (Å²) in [6.07, 6.45) is 3.16. The second kappa shape index (κ2) is 6.54. The fourth-order valence-electron chi connectivity index (χ4n) is 1.97. The quantitative estimate of drug-likeness (QED) is 0.920. The van der Waals surface area contributed by atoms with Crippen LogP contribution < -0.4 is 4.74 Å². The first-order chi connectivity index (χ1) is 10.1. The van der Waals surface area contributed by atoms with E-state index in [1.807, 2.05) is 6.92 Å². The zero-order valence-corrected chi connectivity index (χ0v) is 12.6. The second-order valence-corrected chi connectivity index (χ2v) is 4.87. The van der Waals surface area contributed by atoms with Gasteiger partial charge < -0.3 is 19.2 Å². The van der Waals surface area contributed by atoms with Crippen molar-refractivity contribution in [1.82, 2.24) is 4.90 Å². The Hall–Kier alpha value is -2.14. The minimum Gasteiger partial charge on any atom is -0.503 e. The number of halogens is 1. The molecule has 5 nitrogen and oxygen atoms in total. The number of ether oxygens (including phenoxy) is 1. The summed E-state index contributed by atoms with van der Waals surface area (Å²) in [5.41, 5.74) is 1.27. The molecule has 0 radical (unpaired) electrons. The molecule has 1 aromatic carbocycles. The summed E-state index contributed by atoms with van der Waals surface area (Å²) in [6.45, 7) is 2.86. The van der Waals surface area contributed by atoms with Crippen LogP contribution in [0.25, 0.3) is 0 Å². The monoisotopic (exact) mass is 309 g/mol. The molecular weight excluding hydrogens is 294 g/mol. The van der Waals surface area contributed by atoms with E-state index in [4.69, 9.17) is 20.8 Å². The van der Waals surface area contributed by atoms with Crippen LogP contribution >= 0.6 is 11.6 Å². The number of nitrogens with zero attached hydrogens (tertiary/aromatic N) is 1. The van der Waals surface area contributed by atoms with Crippen LogP contribution in [0.5, 0.6) is 11.5 Å². The van der Waals surface area contributed by atoms with Gasteiger partial charge in [-0.15, -0.1) is 0 Å². The number of carbonyl (C=O) groups excluding carboxylic acids is 1. The number of phenolic OH excluding ortho intramolecular Hbond substituents is 1. The number of amides is 1. The Bertz CT molecular complexity index is 625. The molecule has 6 heteroatoms. The summed E-state index contributed by atoms with van der Waals surface area (Å²) < 4.78 is 10.0. The van der Waals surface area contributed by atoms with E-state index in [2.05, 4.69) is 0 Å². The number of phenols is 1. The number of hydrogen-bond acceptors (Lipinski definition) is 4. The van der Waals surface area contributed by atoms with Crippen molar-refractivity contribution in [3.63, 3.8) is 0 Å². The molecule has 2 aromatic rings. The lowest BCUT2D eigenvalue weighted by molar-refractivity contribution is 0.0752. The average Bonchev–Trinajstić information content (AvgIpc) is 2.99. The van der Waals surface area contributed by atoms with Gasteiger partial charge in [-0.1, -0.05) is 11.6 Å². The van der Waals surface area contributed by atoms with E-state index >= 15 is 0 Å². The van der Waals surface area contributed by atoms with Crippen LogP contribution in [0.3, 0.4) is 0 Å². The molecule has 0 saturated heterocycles. The predicted octanol–water partition coefficient (Wildman–Crippen LogP) is 3.31. The number of aromatic hydroxyl groups is 1. The van der Waals surface area contributed by atoms with Crippen molar-refractivity contribution in [2.24, 2.45) is 0 Å². The van der Waals surface area contributed by atoms with Gasteiger partial charge in [0.25, 0.3) is 5.91 Å². The zero-order chi connectivity index (χ0) is 15.4. The molecule has 1 N–H and O–H groups in total. The lowest BCUT2D eigenvalue weighted by Crippen LogP contribution is -2.30. The van der Waals surface area contributed by atoms with Crippen LogP contribution in [0.4, 0.5) is 0 Å². The van der Waals surface area contributed by atoms with E-state index in [1.165, 1.54) is 19.2 Å². The Morgan fingerprint density at radius 3 is 2.81 bits per heavy atom. The van der Waals surface area contributed by atoms with Gasteiger partial charge in [0, 0.05) is 24.2 Å². The van der Waals surface area contributed by atoms with Gasteiger partial charge in [0.2, 0.25) is 0 Å². The Balaban J connectivity index is 2.27. The summed E-state index contributed by atoms with van der Waals surface area (Å²) in [7, 11) is 1.41. The third kappa shape index (κ3) is 3.31. The van der Waals surface area contributed by atoms with Crippen LogP contribution in [0.15, 0.2) is 35.1 Å². The molecule has 0 fully saturated rings. The second-order valence-electron chi connectivity index (χ2n) is 4.46. The van der Waals surface area contributed by atoms with E-state index in [9.17, 15) is 9.90 Å². The van der Waals surface area contributed by atoms with Crippen molar-refractivity contribution in [2.45, 2.75) is 13.5 Å². The molecule has 0 saturated carbocycles. The molecule has 112 valence electrons. The standard InChI is InChI=1S/C15H16ClNO4/c1-3-17(8-10-4-5-21-9-10)15(19)11-6-12(16)14(18)13(7-11)20-2/h4-7,9,18H,3,8H2,1-2H3. The van der Waals surface area contributed by atoms with Gasteiger partial charge in [0.1, 0.15) is 0 Å². The van der Waals surface area contributed by atoms with Gasteiger partial charge in [-0.3, -0.25) is 4.79 Å². The third-order valence-electron chi connectivity index (χ3n) is 3.12. The molecule has 0 spiro atoms. The Morgan fingerprint density at radius 1 is 1.48 bits per heavy atom. The van der Waals surface area contributed by atoms with Crippen LogP contribution in [0, 0.1) is 0 Å². The maximum absolute atomic E-state index is 12.5. The summed E-state index contributed by atoms with van der Waals surface area (Å²) in [4.78, 5) is 14.2. The Kier molecular flexibility index (Phi) is 4.75. The first-order valence-electron chi connectivity index (χ1n) is 6.43. The number of hydrogen-bond donors (Lipinski definition) is 1. The number of carbonyl (C=O) groups is 1. The molecule has 21 heavy (non-hydrogen) atoms. The molecule has 2 rings (SSSR count). The van der Waals surface area contributed by atoms with Crippen LogP contribution in [0.1, 0.15) is 22.8 Å². The van der Waals surface area contributed by atoms with Gasteiger partial charge in [-0.2, -0.15) is 0 Å². The Labute approximate surface area is 127 Å². The van der Waals surface area contributed by atoms with Crippen molar-refractivity contribution in [2.75, 3.05) is 13.7 Å². The minimum atomic E-state index is -0.195. The smallest absolute Gasteiger partial charge is 0.254 e. The van der Waals surface area contributed by atoms with Crippen molar-refractivity contribution >= 4 is 17.5 Å². The van der Waals surface area contributed by atoms with Gasteiger partial charge >= 0.3 is 0 Å². The normalized spacial score (nSPS) is 10.4. The molecule has 0 aliphatic carbocycles. The van der Waals surface area contributed by atoms with Crippen molar-refractivity contribution in [3.8, 4) is 11.5 Å². The summed E-state index contributed by atoms with van der Waals surface area (Å²) in [6, 6.07) is 4.71. The number of furan rings is 1. The van der Waals surface area contributed by atoms with Crippen molar-refractivity contribution in [1.29, 1.82) is 0 Å². The van der Waals surface area contributed by atoms with E-state index in [0.29, 0.717) is 18.7 Å². The first kappa shape index (κ1) is 15.3. The molecule has 0 aliphatic heterocycles. The number of rotatable bonds is 5. The molecular formula is C15H16ClNO4. The highest BCUT2D eigenvalue weighted by atomic mass is 35.5. The van der Waals surface area contributed by atoms with Gasteiger partial charge in [-0.25, -0.2) is 0 Å². The van der Waals surface area contributed by atoms with E-state index in [-0.39, 0.29) is 22.4 Å². The van der Waals surface area contributed by atoms with Crippen LogP contribution in [0.2, 0.25) is 5.02 Å². The highest BCUT2D eigenvalue weighted by molar-refractivity contribution is 6.32. The summed E-state index contributed by atoms with van der Waals surface area (Å²) in [5, 5.41) is 9.79. The average molecular weight is 310 g/mol. The molecule has 0 atom stereocenters. The first-order valence-corrected chi connectivity index (χ1v) is 6.81. The van der Waals surface area contributed by atoms with Gasteiger partial charge in [0.05, 0.1) is 24.7 Å². The van der Waals surface area contributed by atoms with Crippen molar-refractivity contribution in [3.05, 3.63) is 46.9 Å². The highest BCUT2D eigenvalue weighted by Gasteiger charge is 2.19. The summed E-state index contributed by atoms with van der Waals surface area (Å²) in [5.74, 6) is -0.197. The zero-order valence-electron chi connectivity index (χ0n) is 11.8. The molecule has 1 heterocycles. The van der Waals surface area contributed by atoms with Crippen LogP contribution in [-0.2, 0) is 6.54 Å². The van der Waals surface area contributed by atoms with E-state index < -0.39 is 0 Å². The molecule has 0 unspecified atom stereocenters. The predicted molar refractivity (Wildman–Crippen MR) is 78.8 cm³/mol. The maximum atomic E-state index is 12.5. The third-order valence-corrected chi connectivity index (χ3v) is 3.41. The maximum Gasteiger partial charge on any atom is 0.254 e. The SMILES string of the molecule is CCN(Cc1ccoc1)C(=O)c1cc(Cl)c(O)c(OC)c1. The summed E-state index contributed by atoms with van der Waals surface area (Å²) >= 11 is 5.92. The fraction of sp³-hybridized carbons (Fsp3) is 0.267. The van der Waals surface area contributed by atoms with Gasteiger partial charge in [-0.05, 0) is 25.1 Å². The van der Waals surface area contributed by atoms with Crippen molar-refractivity contribution < 1.29 is 19.1 Å². The molecule has 0 aliphatic rings. The fourth-order valence-corrected chi connectivity index (χ4v) is 2.18.